The molecule has 1 aromatic carbocycles. The van der Waals surface area contributed by atoms with E-state index in [9.17, 15) is 14.3 Å². The third-order valence-electron chi connectivity index (χ3n) is 2.52. The molecule has 0 fully saturated rings. The van der Waals surface area contributed by atoms with Crippen molar-refractivity contribution in [2.75, 3.05) is 21.3 Å². The topological polar surface area (TPSA) is 65.0 Å². The molecule has 0 aliphatic heterocycles. The highest BCUT2D eigenvalue weighted by molar-refractivity contribution is 5.76. The van der Waals surface area contributed by atoms with Crippen molar-refractivity contribution in [1.29, 1.82) is 0 Å². The number of ether oxygens (including phenoxy) is 3. The van der Waals surface area contributed by atoms with Crippen LogP contribution in [0.25, 0.3) is 0 Å². The van der Waals surface area contributed by atoms with E-state index in [1.165, 1.54) is 20.3 Å². The van der Waals surface area contributed by atoms with Crippen molar-refractivity contribution in [3.8, 4) is 11.5 Å². The number of carbonyl (C=O) groups excluding carboxylic acids is 1. The van der Waals surface area contributed by atoms with E-state index in [1.54, 1.807) is 6.92 Å². The minimum absolute atomic E-state index is 0.157. The quantitative estimate of drug-likeness (QED) is 0.826. The summed E-state index contributed by atoms with van der Waals surface area (Å²) in [6.07, 6.45) is -1.70. The number of esters is 1. The van der Waals surface area contributed by atoms with Gasteiger partial charge in [0.1, 0.15) is 0 Å². The largest absolute Gasteiger partial charge is 0.492 e. The number of methoxy groups -OCH3 is 3. The summed E-state index contributed by atoms with van der Waals surface area (Å²) in [4.78, 5) is 11.2. The molecule has 18 heavy (non-hydrogen) atoms. The van der Waals surface area contributed by atoms with Gasteiger partial charge in [0.25, 0.3) is 0 Å². The highest BCUT2D eigenvalue weighted by Gasteiger charge is 2.27. The van der Waals surface area contributed by atoms with E-state index in [1.807, 2.05) is 0 Å². The van der Waals surface area contributed by atoms with Crippen LogP contribution in [0, 0.1) is 12.7 Å². The Balaban J connectivity index is 3.39. The zero-order valence-corrected chi connectivity index (χ0v) is 10.6. The second kappa shape index (κ2) is 5.68. The molecule has 0 bridgehead atoms. The van der Waals surface area contributed by atoms with Crippen LogP contribution in [0.5, 0.6) is 11.5 Å². The molecule has 0 aliphatic carbocycles. The van der Waals surface area contributed by atoms with E-state index >= 15 is 0 Å². The van der Waals surface area contributed by atoms with Gasteiger partial charge in [-0.25, -0.2) is 9.18 Å². The molecule has 1 rings (SSSR count). The fourth-order valence-corrected chi connectivity index (χ4v) is 1.65. The zero-order valence-electron chi connectivity index (χ0n) is 10.6. The van der Waals surface area contributed by atoms with E-state index in [0.717, 1.165) is 7.11 Å². The molecule has 0 amide bonds. The lowest BCUT2D eigenvalue weighted by atomic mass is 10.0. The molecule has 1 unspecified atom stereocenters. The Kier molecular flexibility index (Phi) is 4.49. The molecule has 1 N–H and O–H groups in total. The normalized spacial score (nSPS) is 11.9. The highest BCUT2D eigenvalue weighted by atomic mass is 19.1. The molecule has 0 radical (unpaired) electrons. The average molecular weight is 258 g/mol. The summed E-state index contributed by atoms with van der Waals surface area (Å²) < 4.78 is 28.3. The van der Waals surface area contributed by atoms with Gasteiger partial charge >= 0.3 is 5.97 Å². The van der Waals surface area contributed by atoms with Gasteiger partial charge in [-0.1, -0.05) is 0 Å². The number of hydrogen-bond acceptors (Lipinski definition) is 5. The summed E-state index contributed by atoms with van der Waals surface area (Å²) in [6, 6.07) is 1.32. The van der Waals surface area contributed by atoms with Crippen molar-refractivity contribution in [2.24, 2.45) is 0 Å². The molecule has 0 saturated heterocycles. The van der Waals surface area contributed by atoms with Crippen LogP contribution in [-0.4, -0.2) is 32.4 Å². The van der Waals surface area contributed by atoms with E-state index in [2.05, 4.69) is 4.74 Å². The summed E-state index contributed by atoms with van der Waals surface area (Å²) in [7, 11) is 3.76. The summed E-state index contributed by atoms with van der Waals surface area (Å²) in [5.41, 5.74) is 0.325. The molecule has 6 heteroatoms. The number of aliphatic hydroxyl groups is 1. The predicted octanol–water partition coefficient (Wildman–Crippen LogP) is 1.36. The molecule has 0 saturated carbocycles. The first-order chi connectivity index (χ1) is 8.47. The second-order valence-electron chi connectivity index (χ2n) is 3.59. The van der Waals surface area contributed by atoms with E-state index in [4.69, 9.17) is 9.47 Å². The van der Waals surface area contributed by atoms with Gasteiger partial charge in [-0.05, 0) is 18.6 Å². The standard InChI is InChI=1S/C12H15FO5/c1-6-5-7(9(14)12(15)18-4)8(13)11(17-3)10(6)16-2/h5,9,14H,1-4H3. The van der Waals surface area contributed by atoms with Crippen LogP contribution in [0.2, 0.25) is 0 Å². The average Bonchev–Trinajstić information content (AvgIpc) is 2.38. The Morgan fingerprint density at radius 2 is 1.83 bits per heavy atom. The maximum absolute atomic E-state index is 14.1. The molecule has 100 valence electrons. The summed E-state index contributed by atoms with van der Waals surface area (Å²) in [5, 5.41) is 9.67. The maximum Gasteiger partial charge on any atom is 0.339 e. The molecule has 1 aromatic rings. The second-order valence-corrected chi connectivity index (χ2v) is 3.59. The lowest BCUT2D eigenvalue weighted by molar-refractivity contribution is -0.150. The third-order valence-corrected chi connectivity index (χ3v) is 2.52. The molecule has 0 spiro atoms. The highest BCUT2D eigenvalue weighted by Crippen LogP contribution is 2.37. The fraction of sp³-hybridized carbons (Fsp3) is 0.417. The number of hydrogen-bond donors (Lipinski definition) is 1. The van der Waals surface area contributed by atoms with Gasteiger partial charge in [-0.15, -0.1) is 0 Å². The first kappa shape index (κ1) is 14.2. The van der Waals surface area contributed by atoms with Crippen molar-refractivity contribution in [3.63, 3.8) is 0 Å². The Bertz CT molecular complexity index is 458. The van der Waals surface area contributed by atoms with Crippen LogP contribution < -0.4 is 9.47 Å². The fourth-order valence-electron chi connectivity index (χ4n) is 1.65. The predicted molar refractivity (Wildman–Crippen MR) is 61.2 cm³/mol. The summed E-state index contributed by atoms with van der Waals surface area (Å²) in [5.74, 6) is -1.73. The number of carbonyl (C=O) groups is 1. The number of benzene rings is 1. The van der Waals surface area contributed by atoms with Crippen molar-refractivity contribution < 1.29 is 28.5 Å². The SMILES string of the molecule is COC(=O)C(O)c1cc(C)c(OC)c(OC)c1F. The molecule has 0 aromatic heterocycles. The van der Waals surface area contributed by atoms with Crippen molar-refractivity contribution >= 4 is 5.97 Å². The van der Waals surface area contributed by atoms with Gasteiger partial charge < -0.3 is 19.3 Å². The number of halogens is 1. The van der Waals surface area contributed by atoms with E-state index < -0.39 is 17.9 Å². The Labute approximate surface area is 104 Å². The van der Waals surface area contributed by atoms with Crippen LogP contribution >= 0.6 is 0 Å². The third kappa shape index (κ3) is 2.38. The molecular weight excluding hydrogens is 243 g/mol. The monoisotopic (exact) mass is 258 g/mol. The van der Waals surface area contributed by atoms with Crippen LogP contribution in [-0.2, 0) is 9.53 Å². The van der Waals surface area contributed by atoms with E-state index in [-0.39, 0.29) is 17.1 Å². The first-order valence-electron chi connectivity index (χ1n) is 5.14. The first-order valence-corrected chi connectivity index (χ1v) is 5.14. The minimum atomic E-state index is -1.70. The summed E-state index contributed by atoms with van der Waals surface area (Å²) in [6.45, 7) is 1.65. The van der Waals surface area contributed by atoms with Crippen LogP contribution in [0.3, 0.4) is 0 Å². The Morgan fingerprint density at radius 3 is 2.28 bits per heavy atom. The van der Waals surface area contributed by atoms with Gasteiger partial charge in [0.15, 0.2) is 23.4 Å². The lowest BCUT2D eigenvalue weighted by Crippen LogP contribution is -2.16. The van der Waals surface area contributed by atoms with Crippen LogP contribution in [0.4, 0.5) is 4.39 Å². The van der Waals surface area contributed by atoms with Crippen LogP contribution in [0.1, 0.15) is 17.2 Å². The molecule has 0 aliphatic rings. The molecule has 5 nitrogen and oxygen atoms in total. The maximum atomic E-state index is 14.1. The number of aryl methyl sites for hydroxylation is 1. The van der Waals surface area contributed by atoms with Gasteiger partial charge in [-0.3, -0.25) is 0 Å². The van der Waals surface area contributed by atoms with Crippen molar-refractivity contribution in [3.05, 3.63) is 23.0 Å². The van der Waals surface area contributed by atoms with Crippen molar-refractivity contribution in [1.82, 2.24) is 0 Å². The Morgan fingerprint density at radius 1 is 1.28 bits per heavy atom. The van der Waals surface area contributed by atoms with Crippen LogP contribution in [0.15, 0.2) is 6.07 Å². The zero-order chi connectivity index (χ0) is 13.9. The van der Waals surface area contributed by atoms with E-state index in [0.29, 0.717) is 5.56 Å². The lowest BCUT2D eigenvalue weighted by Gasteiger charge is -2.16. The van der Waals surface area contributed by atoms with Gasteiger partial charge in [0, 0.05) is 5.56 Å². The number of aliphatic hydroxyl groups excluding tert-OH is 1. The summed E-state index contributed by atoms with van der Waals surface area (Å²) >= 11 is 0. The van der Waals surface area contributed by atoms with Gasteiger partial charge in [0.05, 0.1) is 21.3 Å². The Hall–Kier alpha value is -1.82. The molecular formula is C12H15FO5. The molecule has 1 atom stereocenters. The number of rotatable bonds is 4. The van der Waals surface area contributed by atoms with Gasteiger partial charge in [0.2, 0.25) is 0 Å². The molecule has 0 heterocycles. The van der Waals surface area contributed by atoms with Gasteiger partial charge in [-0.2, -0.15) is 0 Å². The van der Waals surface area contributed by atoms with Crippen molar-refractivity contribution in [2.45, 2.75) is 13.0 Å². The minimum Gasteiger partial charge on any atom is -0.492 e. The smallest absolute Gasteiger partial charge is 0.339 e.